The summed E-state index contributed by atoms with van der Waals surface area (Å²) in [6.45, 7) is 0. The lowest BCUT2D eigenvalue weighted by molar-refractivity contribution is 0.0829. The Morgan fingerprint density at radius 3 is 2.64 bits per heavy atom. The van der Waals surface area contributed by atoms with Gasteiger partial charge in [0.15, 0.2) is 0 Å². The third kappa shape index (κ3) is 1.34. The molecule has 1 amide bonds. The number of aromatic amines is 1. The first-order chi connectivity index (χ1) is 5.13. The van der Waals surface area contributed by atoms with Crippen LogP contribution in [0.3, 0.4) is 0 Å². The van der Waals surface area contributed by atoms with E-state index in [2.05, 4.69) is 4.98 Å². The summed E-state index contributed by atoms with van der Waals surface area (Å²) >= 11 is 0. The SMILES string of the molecule is CN(C)C(=O)c1cc[nH]c1N. The predicted octanol–water partition coefficient (Wildman–Crippen LogP) is 0.299. The van der Waals surface area contributed by atoms with Gasteiger partial charge in [0.25, 0.3) is 5.91 Å². The van der Waals surface area contributed by atoms with E-state index in [4.69, 9.17) is 5.73 Å². The van der Waals surface area contributed by atoms with Crippen molar-refractivity contribution in [3.8, 4) is 0 Å². The number of H-pyrrole nitrogens is 1. The maximum absolute atomic E-state index is 11.3. The fourth-order valence-electron chi connectivity index (χ4n) is 0.810. The molecule has 3 N–H and O–H groups in total. The molecule has 0 saturated carbocycles. The van der Waals surface area contributed by atoms with Crippen LogP contribution in [0.15, 0.2) is 12.3 Å². The Morgan fingerprint density at radius 1 is 1.64 bits per heavy atom. The van der Waals surface area contributed by atoms with Gasteiger partial charge in [0.1, 0.15) is 5.82 Å². The molecule has 0 aromatic carbocycles. The van der Waals surface area contributed by atoms with Crippen LogP contribution in [0.25, 0.3) is 0 Å². The largest absolute Gasteiger partial charge is 0.385 e. The zero-order valence-electron chi connectivity index (χ0n) is 6.59. The van der Waals surface area contributed by atoms with Gasteiger partial charge >= 0.3 is 0 Å². The smallest absolute Gasteiger partial charge is 0.257 e. The molecule has 0 spiro atoms. The molecule has 4 nitrogen and oxygen atoms in total. The number of nitrogens with two attached hydrogens (primary N) is 1. The first-order valence-corrected chi connectivity index (χ1v) is 3.27. The van der Waals surface area contributed by atoms with Crippen molar-refractivity contribution < 1.29 is 4.79 Å². The van der Waals surface area contributed by atoms with E-state index in [0.717, 1.165) is 0 Å². The molecule has 0 aliphatic carbocycles. The fraction of sp³-hybridized carbons (Fsp3) is 0.286. The Labute approximate surface area is 65.0 Å². The molecule has 1 aromatic heterocycles. The predicted molar refractivity (Wildman–Crippen MR) is 43.2 cm³/mol. The van der Waals surface area contributed by atoms with Crippen molar-refractivity contribution in [1.82, 2.24) is 9.88 Å². The number of hydrogen-bond donors (Lipinski definition) is 2. The number of amides is 1. The Morgan fingerprint density at radius 2 is 2.27 bits per heavy atom. The average Bonchev–Trinajstić information content (AvgIpc) is 2.33. The van der Waals surface area contributed by atoms with Crippen LogP contribution in [0.2, 0.25) is 0 Å². The molecule has 0 radical (unpaired) electrons. The highest BCUT2D eigenvalue weighted by molar-refractivity contribution is 5.98. The molecular weight excluding hydrogens is 142 g/mol. The minimum atomic E-state index is -0.0799. The molecule has 0 bridgehead atoms. The number of rotatable bonds is 1. The minimum absolute atomic E-state index is 0.0799. The Bertz CT molecular complexity index is 264. The molecule has 0 saturated heterocycles. The molecular formula is C7H11N3O. The highest BCUT2D eigenvalue weighted by Gasteiger charge is 2.11. The Balaban J connectivity index is 2.93. The highest BCUT2D eigenvalue weighted by Crippen LogP contribution is 2.09. The number of carbonyl (C=O) groups is 1. The second kappa shape index (κ2) is 2.65. The van der Waals surface area contributed by atoms with E-state index in [9.17, 15) is 4.79 Å². The summed E-state index contributed by atoms with van der Waals surface area (Å²) in [6, 6.07) is 1.66. The lowest BCUT2D eigenvalue weighted by Crippen LogP contribution is -2.22. The maximum Gasteiger partial charge on any atom is 0.257 e. The van der Waals surface area contributed by atoms with Crippen LogP contribution in [-0.4, -0.2) is 29.9 Å². The van der Waals surface area contributed by atoms with E-state index >= 15 is 0 Å². The highest BCUT2D eigenvalue weighted by atomic mass is 16.2. The van der Waals surface area contributed by atoms with Gasteiger partial charge in [-0.1, -0.05) is 0 Å². The summed E-state index contributed by atoms with van der Waals surface area (Å²) in [5.74, 6) is 0.340. The van der Waals surface area contributed by atoms with Crippen molar-refractivity contribution in [3.63, 3.8) is 0 Å². The molecule has 4 heteroatoms. The van der Waals surface area contributed by atoms with Crippen molar-refractivity contribution in [2.24, 2.45) is 0 Å². The molecule has 0 fully saturated rings. The summed E-state index contributed by atoms with van der Waals surface area (Å²) in [7, 11) is 3.38. The minimum Gasteiger partial charge on any atom is -0.385 e. The van der Waals surface area contributed by atoms with Crippen LogP contribution in [0.5, 0.6) is 0 Å². The second-order valence-electron chi connectivity index (χ2n) is 2.50. The van der Waals surface area contributed by atoms with Crippen molar-refractivity contribution >= 4 is 11.7 Å². The molecule has 0 aliphatic rings. The first-order valence-electron chi connectivity index (χ1n) is 3.27. The van der Waals surface area contributed by atoms with Crippen LogP contribution < -0.4 is 5.73 Å². The number of nitrogens with one attached hydrogen (secondary N) is 1. The van der Waals surface area contributed by atoms with Gasteiger partial charge in [-0.25, -0.2) is 0 Å². The number of nitrogen functional groups attached to an aromatic ring is 1. The summed E-state index contributed by atoms with van der Waals surface area (Å²) in [5.41, 5.74) is 6.00. The zero-order valence-corrected chi connectivity index (χ0v) is 6.59. The maximum atomic E-state index is 11.3. The topological polar surface area (TPSA) is 62.1 Å². The third-order valence-corrected chi connectivity index (χ3v) is 1.42. The summed E-state index contributed by atoms with van der Waals surface area (Å²) in [6.07, 6.45) is 1.64. The lowest BCUT2D eigenvalue weighted by Gasteiger charge is -2.08. The normalized spacial score (nSPS) is 9.64. The van der Waals surface area contributed by atoms with Crippen LogP contribution >= 0.6 is 0 Å². The van der Waals surface area contributed by atoms with Gasteiger partial charge in [0.05, 0.1) is 5.56 Å². The van der Waals surface area contributed by atoms with Gasteiger partial charge in [-0.15, -0.1) is 0 Å². The van der Waals surface area contributed by atoms with Gasteiger partial charge < -0.3 is 15.6 Å². The average molecular weight is 153 g/mol. The van der Waals surface area contributed by atoms with Crippen LogP contribution in [-0.2, 0) is 0 Å². The van der Waals surface area contributed by atoms with E-state index in [1.807, 2.05) is 0 Å². The van der Waals surface area contributed by atoms with E-state index in [1.54, 1.807) is 26.4 Å². The standard InChI is InChI=1S/C7H11N3O/c1-10(2)7(11)5-3-4-9-6(5)8/h3-4,9H,8H2,1-2H3. The zero-order chi connectivity index (χ0) is 8.43. The molecule has 1 heterocycles. The van der Waals surface area contributed by atoms with E-state index < -0.39 is 0 Å². The molecule has 1 aromatic rings. The van der Waals surface area contributed by atoms with Crippen LogP contribution in [0, 0.1) is 0 Å². The van der Waals surface area contributed by atoms with Crippen molar-refractivity contribution in [1.29, 1.82) is 0 Å². The Hall–Kier alpha value is -1.45. The lowest BCUT2D eigenvalue weighted by atomic mass is 10.3. The van der Waals surface area contributed by atoms with Gasteiger partial charge in [-0.05, 0) is 6.07 Å². The molecule has 0 unspecified atom stereocenters. The van der Waals surface area contributed by atoms with Crippen molar-refractivity contribution in [2.75, 3.05) is 19.8 Å². The van der Waals surface area contributed by atoms with Crippen LogP contribution in [0.4, 0.5) is 5.82 Å². The van der Waals surface area contributed by atoms with E-state index in [0.29, 0.717) is 11.4 Å². The molecule has 11 heavy (non-hydrogen) atoms. The Kier molecular flexibility index (Phi) is 1.85. The quantitative estimate of drug-likeness (QED) is 0.609. The number of aromatic nitrogens is 1. The monoisotopic (exact) mass is 153 g/mol. The summed E-state index contributed by atoms with van der Waals surface area (Å²) in [5, 5.41) is 0. The van der Waals surface area contributed by atoms with Gasteiger partial charge in [0.2, 0.25) is 0 Å². The molecule has 0 aliphatic heterocycles. The second-order valence-corrected chi connectivity index (χ2v) is 2.50. The number of anilines is 1. The van der Waals surface area contributed by atoms with Crippen molar-refractivity contribution in [3.05, 3.63) is 17.8 Å². The number of hydrogen-bond acceptors (Lipinski definition) is 2. The van der Waals surface area contributed by atoms with Gasteiger partial charge in [-0.2, -0.15) is 0 Å². The fourth-order valence-corrected chi connectivity index (χ4v) is 0.810. The number of nitrogens with zero attached hydrogens (tertiary/aromatic N) is 1. The van der Waals surface area contributed by atoms with Gasteiger partial charge in [0, 0.05) is 20.3 Å². The molecule has 0 atom stereocenters. The summed E-state index contributed by atoms with van der Waals surface area (Å²) < 4.78 is 0. The molecule has 60 valence electrons. The third-order valence-electron chi connectivity index (χ3n) is 1.42. The first kappa shape index (κ1) is 7.65. The van der Waals surface area contributed by atoms with Gasteiger partial charge in [-0.3, -0.25) is 4.79 Å². The van der Waals surface area contributed by atoms with Crippen LogP contribution in [0.1, 0.15) is 10.4 Å². The van der Waals surface area contributed by atoms with E-state index in [-0.39, 0.29) is 5.91 Å². The number of carbonyl (C=O) groups excluding carboxylic acids is 1. The van der Waals surface area contributed by atoms with E-state index in [1.165, 1.54) is 4.90 Å². The summed E-state index contributed by atoms with van der Waals surface area (Å²) in [4.78, 5) is 15.5. The molecule has 1 rings (SSSR count). The van der Waals surface area contributed by atoms with Crippen molar-refractivity contribution in [2.45, 2.75) is 0 Å².